The van der Waals surface area contributed by atoms with Crippen molar-refractivity contribution in [2.75, 3.05) is 4.90 Å². The maximum atomic E-state index is 13.4. The minimum Gasteiger partial charge on any atom is -0.301 e. The van der Waals surface area contributed by atoms with E-state index >= 15 is 0 Å². The molecule has 0 unspecified atom stereocenters. The summed E-state index contributed by atoms with van der Waals surface area (Å²) in [6.07, 6.45) is 1.76. The maximum Gasteiger partial charge on any atom is 0.197 e. The molecule has 1 aromatic heterocycles. The van der Waals surface area contributed by atoms with Gasteiger partial charge in [-0.2, -0.15) is 0 Å². The van der Waals surface area contributed by atoms with Crippen LogP contribution in [0.15, 0.2) is 133 Å². The van der Waals surface area contributed by atoms with E-state index in [0.717, 1.165) is 32.0 Å². The Morgan fingerprint density at radius 3 is 1.73 bits per heavy atom. The van der Waals surface area contributed by atoms with E-state index in [1.807, 2.05) is 42.5 Å². The normalized spacial score (nSPS) is 14.2. The summed E-state index contributed by atoms with van der Waals surface area (Å²) in [6, 6.07) is 43.4. The molecule has 8 rings (SSSR count). The summed E-state index contributed by atoms with van der Waals surface area (Å²) in [5.74, 6) is -0.278. The SMILES string of the molecule is O=C1C(=Cc2ccc(N3c4ccccc4C(c4ccccc4)c4ccccc43)s2)C(=O)c2cc3ccccc3cc21. The van der Waals surface area contributed by atoms with E-state index < -0.39 is 0 Å². The van der Waals surface area contributed by atoms with Crippen molar-refractivity contribution < 1.29 is 9.59 Å². The third kappa shape index (κ3) is 3.72. The molecule has 0 saturated heterocycles. The Hall–Kier alpha value is -5.06. The van der Waals surface area contributed by atoms with Crippen molar-refractivity contribution in [1.82, 2.24) is 0 Å². The van der Waals surface area contributed by atoms with Gasteiger partial charge in [0.2, 0.25) is 0 Å². The van der Waals surface area contributed by atoms with Gasteiger partial charge in [-0.1, -0.05) is 91.0 Å². The molecule has 0 bridgehead atoms. The average molecular weight is 546 g/mol. The average Bonchev–Trinajstić information content (AvgIpc) is 3.57. The first-order chi connectivity index (χ1) is 20.2. The fourth-order valence-electron chi connectivity index (χ4n) is 6.23. The van der Waals surface area contributed by atoms with E-state index in [0.29, 0.717) is 11.1 Å². The molecule has 1 aliphatic heterocycles. The molecule has 0 saturated carbocycles. The molecule has 2 aliphatic rings. The van der Waals surface area contributed by atoms with E-state index in [9.17, 15) is 9.59 Å². The molecule has 0 N–H and O–H groups in total. The highest BCUT2D eigenvalue weighted by molar-refractivity contribution is 7.17. The predicted octanol–water partition coefficient (Wildman–Crippen LogP) is 9.33. The number of carbonyl (C=O) groups is 2. The number of nitrogens with zero attached hydrogens (tertiary/aromatic N) is 1. The van der Waals surface area contributed by atoms with Crippen LogP contribution in [0.3, 0.4) is 0 Å². The topological polar surface area (TPSA) is 37.4 Å². The van der Waals surface area contributed by atoms with Crippen LogP contribution in [0.2, 0.25) is 0 Å². The van der Waals surface area contributed by atoms with Gasteiger partial charge >= 0.3 is 0 Å². The Balaban J connectivity index is 1.21. The number of carbonyl (C=O) groups excluding carboxylic acids is 2. The van der Waals surface area contributed by atoms with Crippen LogP contribution in [0, 0.1) is 0 Å². The second kappa shape index (κ2) is 9.26. The third-order valence-electron chi connectivity index (χ3n) is 8.09. The first-order valence-corrected chi connectivity index (χ1v) is 14.5. The van der Waals surface area contributed by atoms with E-state index in [4.69, 9.17) is 0 Å². The highest BCUT2D eigenvalue weighted by Gasteiger charge is 2.35. The Kier molecular flexibility index (Phi) is 5.37. The van der Waals surface area contributed by atoms with Gasteiger partial charge in [0.05, 0.1) is 16.9 Å². The summed E-state index contributed by atoms with van der Waals surface area (Å²) >= 11 is 1.58. The first kappa shape index (κ1) is 23.8. The van der Waals surface area contributed by atoms with Gasteiger partial charge in [-0.25, -0.2) is 0 Å². The number of benzene rings is 5. The second-order valence-corrected chi connectivity index (χ2v) is 11.5. The van der Waals surface area contributed by atoms with Crippen LogP contribution in [0.4, 0.5) is 16.4 Å². The Labute approximate surface area is 241 Å². The fourth-order valence-corrected chi connectivity index (χ4v) is 7.21. The van der Waals surface area contributed by atoms with Crippen molar-refractivity contribution in [3.63, 3.8) is 0 Å². The number of anilines is 3. The number of rotatable bonds is 3. The number of hydrogen-bond donors (Lipinski definition) is 0. The quantitative estimate of drug-likeness (QED) is 0.164. The summed E-state index contributed by atoms with van der Waals surface area (Å²) in [6.45, 7) is 0. The van der Waals surface area contributed by atoms with Gasteiger partial charge in [0.25, 0.3) is 0 Å². The van der Waals surface area contributed by atoms with Crippen molar-refractivity contribution in [2.45, 2.75) is 5.92 Å². The summed E-state index contributed by atoms with van der Waals surface area (Å²) in [7, 11) is 0. The summed E-state index contributed by atoms with van der Waals surface area (Å²) in [5.41, 5.74) is 7.22. The molecule has 2 heterocycles. The number of para-hydroxylation sites is 2. The largest absolute Gasteiger partial charge is 0.301 e. The van der Waals surface area contributed by atoms with E-state index in [2.05, 4.69) is 89.8 Å². The van der Waals surface area contributed by atoms with E-state index in [-0.39, 0.29) is 23.1 Å². The van der Waals surface area contributed by atoms with Crippen molar-refractivity contribution in [2.24, 2.45) is 0 Å². The molecule has 41 heavy (non-hydrogen) atoms. The number of allylic oxidation sites excluding steroid dienone is 1. The van der Waals surface area contributed by atoms with Crippen LogP contribution in [0.1, 0.15) is 48.2 Å². The molecule has 4 heteroatoms. The molecule has 0 spiro atoms. The monoisotopic (exact) mass is 545 g/mol. The number of fused-ring (bicyclic) bond motifs is 4. The standard InChI is InChI=1S/C37H23NO2S/c39-36-29-20-24-12-4-5-13-25(24)21-30(29)37(40)31(36)22-26-18-19-34(41-26)38-32-16-8-6-14-27(32)35(23-10-2-1-3-11-23)28-15-7-9-17-33(28)38/h1-22,35H. The van der Waals surface area contributed by atoms with Gasteiger partial charge in [0.1, 0.15) is 5.00 Å². The molecule has 0 fully saturated rings. The lowest BCUT2D eigenvalue weighted by Crippen LogP contribution is -2.21. The molecular formula is C37H23NO2S. The van der Waals surface area contributed by atoms with Crippen molar-refractivity contribution >= 4 is 56.1 Å². The zero-order chi connectivity index (χ0) is 27.5. The molecule has 0 radical (unpaired) electrons. The lowest BCUT2D eigenvalue weighted by atomic mass is 9.80. The highest BCUT2D eigenvalue weighted by atomic mass is 32.1. The number of ketones is 2. The third-order valence-corrected chi connectivity index (χ3v) is 9.11. The molecule has 5 aromatic carbocycles. The summed E-state index contributed by atoms with van der Waals surface area (Å²) in [4.78, 5) is 29.9. The van der Waals surface area contributed by atoms with Crippen LogP contribution in [0.5, 0.6) is 0 Å². The van der Waals surface area contributed by atoms with Crippen LogP contribution in [0.25, 0.3) is 16.8 Å². The van der Waals surface area contributed by atoms with Crippen molar-refractivity contribution in [3.05, 3.63) is 166 Å². The fraction of sp³-hybridized carbons (Fsp3) is 0.0270. The minimum atomic E-state index is -0.204. The summed E-state index contributed by atoms with van der Waals surface area (Å²) in [5, 5.41) is 2.95. The van der Waals surface area contributed by atoms with E-state index in [1.165, 1.54) is 16.7 Å². The van der Waals surface area contributed by atoms with Crippen molar-refractivity contribution in [1.29, 1.82) is 0 Å². The highest BCUT2D eigenvalue weighted by Crippen LogP contribution is 2.52. The number of thiophene rings is 1. The molecule has 6 aromatic rings. The van der Waals surface area contributed by atoms with Crippen LogP contribution in [-0.2, 0) is 0 Å². The minimum absolute atomic E-state index is 0.129. The van der Waals surface area contributed by atoms with Crippen LogP contribution >= 0.6 is 11.3 Å². The second-order valence-electron chi connectivity index (χ2n) is 10.4. The lowest BCUT2D eigenvalue weighted by Gasteiger charge is -2.37. The zero-order valence-corrected chi connectivity index (χ0v) is 22.8. The Bertz CT molecular complexity index is 1950. The van der Waals surface area contributed by atoms with E-state index in [1.54, 1.807) is 17.4 Å². The van der Waals surface area contributed by atoms with Crippen molar-refractivity contribution in [3.8, 4) is 0 Å². The molecule has 1 aliphatic carbocycles. The van der Waals surface area contributed by atoms with Gasteiger partial charge in [0.15, 0.2) is 11.6 Å². The zero-order valence-electron chi connectivity index (χ0n) is 22.0. The molecule has 0 atom stereocenters. The number of hydrogen-bond acceptors (Lipinski definition) is 4. The smallest absolute Gasteiger partial charge is 0.197 e. The van der Waals surface area contributed by atoms with Crippen LogP contribution < -0.4 is 4.90 Å². The molecule has 3 nitrogen and oxygen atoms in total. The maximum absolute atomic E-state index is 13.4. The summed E-state index contributed by atoms with van der Waals surface area (Å²) < 4.78 is 0. The predicted molar refractivity (Wildman–Crippen MR) is 167 cm³/mol. The van der Waals surface area contributed by atoms with Gasteiger partial charge < -0.3 is 4.90 Å². The molecule has 0 amide bonds. The Morgan fingerprint density at radius 2 is 1.12 bits per heavy atom. The number of Topliss-reactive ketones (excluding diaryl/α,β-unsaturated/α-hetero) is 2. The Morgan fingerprint density at radius 1 is 0.585 bits per heavy atom. The van der Waals surface area contributed by atoms with Gasteiger partial charge in [-0.3, -0.25) is 9.59 Å². The van der Waals surface area contributed by atoms with Crippen LogP contribution in [-0.4, -0.2) is 11.6 Å². The molecular weight excluding hydrogens is 522 g/mol. The van der Waals surface area contributed by atoms with Gasteiger partial charge in [0, 0.05) is 21.9 Å². The molecule has 194 valence electrons. The van der Waals surface area contributed by atoms with Gasteiger partial charge in [-0.05, 0) is 69.9 Å². The lowest BCUT2D eigenvalue weighted by molar-refractivity contribution is 0.0990. The first-order valence-electron chi connectivity index (χ1n) is 13.6. The van der Waals surface area contributed by atoms with Gasteiger partial charge in [-0.15, -0.1) is 11.3 Å².